The van der Waals surface area contributed by atoms with E-state index in [0.29, 0.717) is 5.69 Å². The molecule has 98 valence electrons. The van der Waals surface area contributed by atoms with Gasteiger partial charge in [0.15, 0.2) is 0 Å². The van der Waals surface area contributed by atoms with E-state index in [1.807, 2.05) is 37.3 Å². The second-order valence-corrected chi connectivity index (χ2v) is 4.74. The fraction of sp³-hybridized carbons (Fsp3) is 0.143. The Labute approximate surface area is 117 Å². The van der Waals surface area contributed by atoms with Crippen LogP contribution in [-0.2, 0) is 11.3 Å². The lowest BCUT2D eigenvalue weighted by Crippen LogP contribution is -2.22. The molecule has 0 aliphatic rings. The van der Waals surface area contributed by atoms with Gasteiger partial charge >= 0.3 is 0 Å². The molecule has 0 fully saturated rings. The number of rotatable bonds is 4. The van der Waals surface area contributed by atoms with Crippen LogP contribution in [0.2, 0.25) is 0 Å². The lowest BCUT2D eigenvalue weighted by atomic mass is 10.2. The molecule has 1 amide bonds. The van der Waals surface area contributed by atoms with Crippen LogP contribution in [0.25, 0.3) is 0 Å². The maximum atomic E-state index is 11.9. The standard InChI is InChI=1S/C14H15N3OS/c1-10-4-2-5-11(8-10)16-13(18)9-17-7-3-6-12(17)14(15)19/h2-8H,9H2,1H3,(H2,15,19)(H,16,18). The summed E-state index contributed by atoms with van der Waals surface area (Å²) in [6.45, 7) is 2.17. The van der Waals surface area contributed by atoms with Crippen LogP contribution in [0.3, 0.4) is 0 Å². The first kappa shape index (κ1) is 13.3. The van der Waals surface area contributed by atoms with Gasteiger partial charge in [-0.2, -0.15) is 0 Å². The van der Waals surface area contributed by atoms with Crippen molar-refractivity contribution >= 4 is 28.8 Å². The van der Waals surface area contributed by atoms with Crippen molar-refractivity contribution in [1.29, 1.82) is 0 Å². The van der Waals surface area contributed by atoms with Gasteiger partial charge in [0.25, 0.3) is 0 Å². The van der Waals surface area contributed by atoms with Crippen molar-refractivity contribution in [2.45, 2.75) is 13.5 Å². The number of benzene rings is 1. The molecule has 0 aliphatic carbocycles. The summed E-state index contributed by atoms with van der Waals surface area (Å²) in [4.78, 5) is 12.2. The largest absolute Gasteiger partial charge is 0.388 e. The van der Waals surface area contributed by atoms with Gasteiger partial charge in [-0.25, -0.2) is 0 Å². The average Bonchev–Trinajstić information content (AvgIpc) is 2.76. The molecule has 2 aromatic rings. The molecule has 3 N–H and O–H groups in total. The Kier molecular flexibility index (Phi) is 3.97. The number of amides is 1. The summed E-state index contributed by atoms with van der Waals surface area (Å²) in [6, 6.07) is 11.3. The number of nitrogens with one attached hydrogen (secondary N) is 1. The zero-order valence-corrected chi connectivity index (χ0v) is 11.4. The quantitative estimate of drug-likeness (QED) is 0.838. The molecule has 19 heavy (non-hydrogen) atoms. The van der Waals surface area contributed by atoms with Crippen molar-refractivity contribution < 1.29 is 4.79 Å². The predicted octanol–water partition coefficient (Wildman–Crippen LogP) is 2.07. The summed E-state index contributed by atoms with van der Waals surface area (Å²) in [5.74, 6) is -0.112. The van der Waals surface area contributed by atoms with Crippen molar-refractivity contribution in [3.63, 3.8) is 0 Å². The Hall–Kier alpha value is -2.14. The highest BCUT2D eigenvalue weighted by atomic mass is 32.1. The molecule has 0 unspecified atom stereocenters. The molecule has 0 aliphatic heterocycles. The third-order valence-electron chi connectivity index (χ3n) is 2.70. The molecule has 4 nitrogen and oxygen atoms in total. The molecule has 0 atom stereocenters. The van der Waals surface area contributed by atoms with Gasteiger partial charge in [0.1, 0.15) is 11.5 Å². The number of anilines is 1. The third-order valence-corrected chi connectivity index (χ3v) is 2.91. The molecule has 2 rings (SSSR count). The van der Waals surface area contributed by atoms with Crippen molar-refractivity contribution in [3.8, 4) is 0 Å². The van der Waals surface area contributed by atoms with Gasteiger partial charge in [0, 0.05) is 11.9 Å². The molecule has 5 heteroatoms. The maximum absolute atomic E-state index is 11.9. The van der Waals surface area contributed by atoms with E-state index >= 15 is 0 Å². The molecular formula is C14H15N3OS. The molecule has 0 saturated carbocycles. The summed E-state index contributed by atoms with van der Waals surface area (Å²) in [5, 5.41) is 2.84. The van der Waals surface area contributed by atoms with E-state index in [9.17, 15) is 4.79 Å². The van der Waals surface area contributed by atoms with Gasteiger partial charge in [0.2, 0.25) is 5.91 Å². The van der Waals surface area contributed by atoms with E-state index in [1.54, 1.807) is 16.8 Å². The van der Waals surface area contributed by atoms with Gasteiger partial charge in [-0.15, -0.1) is 0 Å². The monoisotopic (exact) mass is 273 g/mol. The number of nitrogens with zero attached hydrogens (tertiary/aromatic N) is 1. The van der Waals surface area contributed by atoms with E-state index in [-0.39, 0.29) is 17.4 Å². The number of aryl methyl sites for hydroxylation is 1. The molecule has 1 aromatic heterocycles. The minimum atomic E-state index is -0.112. The van der Waals surface area contributed by atoms with Gasteiger partial charge in [-0.05, 0) is 36.8 Å². The highest BCUT2D eigenvalue weighted by Gasteiger charge is 2.08. The Bertz CT molecular complexity index is 619. The molecule has 0 radical (unpaired) electrons. The number of hydrogen-bond acceptors (Lipinski definition) is 2. The number of hydrogen-bond donors (Lipinski definition) is 2. The van der Waals surface area contributed by atoms with Crippen molar-refractivity contribution in [3.05, 3.63) is 53.9 Å². The Morgan fingerprint density at radius 2 is 2.16 bits per heavy atom. The maximum Gasteiger partial charge on any atom is 0.244 e. The van der Waals surface area contributed by atoms with Crippen molar-refractivity contribution in [2.75, 3.05) is 5.32 Å². The van der Waals surface area contributed by atoms with Gasteiger partial charge in [-0.1, -0.05) is 24.4 Å². The van der Waals surface area contributed by atoms with E-state index in [4.69, 9.17) is 18.0 Å². The van der Waals surface area contributed by atoms with Crippen molar-refractivity contribution in [2.24, 2.45) is 5.73 Å². The molecular weight excluding hydrogens is 258 g/mol. The highest BCUT2D eigenvalue weighted by Crippen LogP contribution is 2.10. The molecule has 0 spiro atoms. The minimum absolute atomic E-state index is 0.112. The first-order valence-electron chi connectivity index (χ1n) is 5.88. The zero-order valence-electron chi connectivity index (χ0n) is 10.6. The van der Waals surface area contributed by atoms with Crippen LogP contribution in [0.4, 0.5) is 5.69 Å². The predicted molar refractivity (Wildman–Crippen MR) is 80.1 cm³/mol. The normalized spacial score (nSPS) is 10.2. The molecule has 0 bridgehead atoms. The smallest absolute Gasteiger partial charge is 0.244 e. The number of nitrogens with two attached hydrogens (primary N) is 1. The van der Waals surface area contributed by atoms with E-state index in [0.717, 1.165) is 11.3 Å². The topological polar surface area (TPSA) is 60.0 Å². The van der Waals surface area contributed by atoms with Crippen LogP contribution in [0.5, 0.6) is 0 Å². The van der Waals surface area contributed by atoms with Crippen LogP contribution in [0.1, 0.15) is 11.3 Å². The third kappa shape index (κ3) is 3.42. The first-order chi connectivity index (χ1) is 9.06. The van der Waals surface area contributed by atoms with Crippen LogP contribution in [0.15, 0.2) is 42.6 Å². The number of carbonyl (C=O) groups excluding carboxylic acids is 1. The summed E-state index contributed by atoms with van der Waals surface area (Å²) < 4.78 is 1.73. The Balaban J connectivity index is 2.05. The van der Waals surface area contributed by atoms with Gasteiger partial charge in [-0.3, -0.25) is 4.79 Å². The van der Waals surface area contributed by atoms with E-state index < -0.39 is 0 Å². The summed E-state index contributed by atoms with van der Waals surface area (Å²) in [6.07, 6.45) is 1.78. The Morgan fingerprint density at radius 1 is 1.37 bits per heavy atom. The summed E-state index contributed by atoms with van der Waals surface area (Å²) in [5.41, 5.74) is 8.16. The lowest BCUT2D eigenvalue weighted by molar-refractivity contribution is -0.116. The SMILES string of the molecule is Cc1cccc(NC(=O)Cn2cccc2C(N)=S)c1. The molecule has 0 saturated heterocycles. The van der Waals surface area contributed by atoms with E-state index in [2.05, 4.69) is 5.32 Å². The highest BCUT2D eigenvalue weighted by molar-refractivity contribution is 7.80. The molecule has 1 heterocycles. The van der Waals surface area contributed by atoms with Crippen LogP contribution < -0.4 is 11.1 Å². The van der Waals surface area contributed by atoms with Crippen molar-refractivity contribution in [1.82, 2.24) is 4.57 Å². The van der Waals surface area contributed by atoms with E-state index in [1.165, 1.54) is 0 Å². The lowest BCUT2D eigenvalue weighted by Gasteiger charge is -2.09. The number of thiocarbonyl (C=S) groups is 1. The fourth-order valence-electron chi connectivity index (χ4n) is 1.85. The summed E-state index contributed by atoms with van der Waals surface area (Å²) >= 11 is 4.93. The second kappa shape index (κ2) is 5.67. The number of carbonyl (C=O) groups is 1. The van der Waals surface area contributed by atoms with Gasteiger partial charge in [0.05, 0.1) is 5.69 Å². The summed E-state index contributed by atoms with van der Waals surface area (Å²) in [7, 11) is 0. The second-order valence-electron chi connectivity index (χ2n) is 4.30. The average molecular weight is 273 g/mol. The Morgan fingerprint density at radius 3 is 2.84 bits per heavy atom. The molecule has 1 aromatic carbocycles. The van der Waals surface area contributed by atoms with Crippen LogP contribution >= 0.6 is 12.2 Å². The van der Waals surface area contributed by atoms with Crippen LogP contribution in [-0.4, -0.2) is 15.5 Å². The first-order valence-corrected chi connectivity index (χ1v) is 6.28. The fourth-order valence-corrected chi connectivity index (χ4v) is 2.04. The van der Waals surface area contributed by atoms with Crippen LogP contribution in [0, 0.1) is 6.92 Å². The zero-order chi connectivity index (χ0) is 13.8. The minimum Gasteiger partial charge on any atom is -0.388 e. The number of aromatic nitrogens is 1. The van der Waals surface area contributed by atoms with Gasteiger partial charge < -0.3 is 15.6 Å².